The van der Waals surface area contributed by atoms with E-state index in [1.807, 2.05) is 0 Å². The molecule has 1 aromatic heterocycles. The van der Waals surface area contributed by atoms with Gasteiger partial charge in [-0.1, -0.05) is 0 Å². The fraction of sp³-hybridized carbons (Fsp3) is 0.0909. The third kappa shape index (κ3) is 1.96. The maximum atomic E-state index is 13.6. The van der Waals surface area contributed by atoms with Gasteiger partial charge in [-0.15, -0.1) is 0 Å². The van der Waals surface area contributed by atoms with Crippen LogP contribution in [0.15, 0.2) is 30.6 Å². The molecule has 1 nitrogen and oxygen atoms in total. The summed E-state index contributed by atoms with van der Waals surface area (Å²) in [4.78, 5) is 0. The van der Waals surface area contributed by atoms with E-state index in [0.29, 0.717) is 6.07 Å². The predicted octanol–water partition coefficient (Wildman–Crippen LogP) is 3.91. The number of rotatable bonds is 1. The third-order valence-electron chi connectivity index (χ3n) is 2.30. The van der Waals surface area contributed by atoms with Crippen molar-refractivity contribution >= 4 is 0 Å². The SMILES string of the molecule is Fc1cc(-n2cccc2)c(F)c(C(F)(F)F)c1F. The lowest BCUT2D eigenvalue weighted by molar-refractivity contribution is -0.142. The van der Waals surface area contributed by atoms with E-state index in [-0.39, 0.29) is 0 Å². The van der Waals surface area contributed by atoms with Gasteiger partial charge in [0.05, 0.1) is 5.69 Å². The zero-order valence-corrected chi connectivity index (χ0v) is 8.60. The minimum atomic E-state index is -5.31. The highest BCUT2D eigenvalue weighted by molar-refractivity contribution is 5.41. The van der Waals surface area contributed by atoms with Gasteiger partial charge in [0.2, 0.25) is 0 Å². The van der Waals surface area contributed by atoms with Crippen molar-refractivity contribution in [1.29, 1.82) is 0 Å². The molecule has 0 aliphatic carbocycles. The summed E-state index contributed by atoms with van der Waals surface area (Å²) < 4.78 is 78.0. The molecule has 0 radical (unpaired) electrons. The molecule has 0 amide bonds. The van der Waals surface area contributed by atoms with Crippen LogP contribution in [0.1, 0.15) is 5.56 Å². The van der Waals surface area contributed by atoms with Crippen LogP contribution in [0.2, 0.25) is 0 Å². The van der Waals surface area contributed by atoms with Crippen molar-refractivity contribution < 1.29 is 26.3 Å². The highest BCUT2D eigenvalue weighted by Crippen LogP contribution is 2.36. The van der Waals surface area contributed by atoms with Gasteiger partial charge in [-0.05, 0) is 12.1 Å². The van der Waals surface area contributed by atoms with Crippen LogP contribution in [-0.4, -0.2) is 4.57 Å². The molecule has 18 heavy (non-hydrogen) atoms. The summed E-state index contributed by atoms with van der Waals surface area (Å²) in [5.41, 5.74) is -2.93. The number of halogens is 6. The Hall–Kier alpha value is -1.92. The molecule has 1 heterocycles. The van der Waals surface area contributed by atoms with E-state index in [4.69, 9.17) is 0 Å². The van der Waals surface area contributed by atoms with E-state index in [1.165, 1.54) is 24.5 Å². The predicted molar refractivity (Wildman–Crippen MR) is 50.6 cm³/mol. The van der Waals surface area contributed by atoms with E-state index in [9.17, 15) is 26.3 Å². The molecule has 0 N–H and O–H groups in total. The van der Waals surface area contributed by atoms with Crippen LogP contribution >= 0.6 is 0 Å². The van der Waals surface area contributed by atoms with Crippen LogP contribution in [0.25, 0.3) is 5.69 Å². The van der Waals surface area contributed by atoms with Gasteiger partial charge in [-0.2, -0.15) is 13.2 Å². The summed E-state index contributed by atoms with van der Waals surface area (Å²) in [6.07, 6.45) is -2.87. The van der Waals surface area contributed by atoms with Gasteiger partial charge in [0.1, 0.15) is 5.56 Å². The van der Waals surface area contributed by atoms with Crippen LogP contribution in [-0.2, 0) is 6.18 Å². The molecule has 0 unspecified atom stereocenters. The van der Waals surface area contributed by atoms with E-state index in [2.05, 4.69) is 0 Å². The van der Waals surface area contributed by atoms with Crippen LogP contribution in [0.5, 0.6) is 0 Å². The molecule has 0 atom stereocenters. The lowest BCUT2D eigenvalue weighted by atomic mass is 10.1. The first-order valence-electron chi connectivity index (χ1n) is 4.70. The molecule has 0 bridgehead atoms. The van der Waals surface area contributed by atoms with E-state index >= 15 is 0 Å². The third-order valence-corrected chi connectivity index (χ3v) is 2.30. The number of aromatic nitrogens is 1. The fourth-order valence-electron chi connectivity index (χ4n) is 1.52. The topological polar surface area (TPSA) is 4.93 Å². The minimum absolute atomic E-state index is 0.375. The lowest BCUT2D eigenvalue weighted by Crippen LogP contribution is -2.15. The first-order valence-corrected chi connectivity index (χ1v) is 4.70. The standard InChI is InChI=1S/C11H5F6N/c12-6-5-7(18-3-1-2-4-18)10(14)8(9(6)13)11(15,16)17/h1-5H. The molecule has 7 heteroatoms. The Bertz CT molecular complexity index is 570. The maximum Gasteiger partial charge on any atom is 0.422 e. The second-order valence-corrected chi connectivity index (χ2v) is 3.47. The second kappa shape index (κ2) is 4.08. The first-order chi connectivity index (χ1) is 8.32. The Morgan fingerprint density at radius 3 is 1.94 bits per heavy atom. The number of benzene rings is 1. The molecular weight excluding hydrogens is 260 g/mol. The molecule has 0 aliphatic rings. The highest BCUT2D eigenvalue weighted by atomic mass is 19.4. The van der Waals surface area contributed by atoms with E-state index in [1.54, 1.807) is 0 Å². The average molecular weight is 265 g/mol. The molecular formula is C11H5F6N. The maximum absolute atomic E-state index is 13.6. The zero-order chi connectivity index (χ0) is 13.5. The van der Waals surface area contributed by atoms with Crippen molar-refractivity contribution in [1.82, 2.24) is 4.57 Å². The van der Waals surface area contributed by atoms with Gasteiger partial charge in [0.25, 0.3) is 0 Å². The molecule has 0 saturated carbocycles. The van der Waals surface area contributed by atoms with Gasteiger partial charge < -0.3 is 4.57 Å². The van der Waals surface area contributed by atoms with E-state index < -0.39 is 34.9 Å². The summed E-state index contributed by atoms with van der Waals surface area (Å²) in [6.45, 7) is 0. The number of nitrogens with zero attached hydrogens (tertiary/aromatic N) is 1. The number of hydrogen-bond donors (Lipinski definition) is 0. The summed E-state index contributed by atoms with van der Waals surface area (Å²) >= 11 is 0. The van der Waals surface area contributed by atoms with Crippen molar-refractivity contribution in [2.45, 2.75) is 6.18 Å². The minimum Gasteiger partial charge on any atom is -0.321 e. The lowest BCUT2D eigenvalue weighted by Gasteiger charge is -2.13. The zero-order valence-electron chi connectivity index (χ0n) is 8.60. The van der Waals surface area contributed by atoms with Crippen LogP contribution in [0.4, 0.5) is 26.3 Å². The van der Waals surface area contributed by atoms with Gasteiger partial charge in [0.15, 0.2) is 17.5 Å². The molecule has 0 aliphatic heterocycles. The largest absolute Gasteiger partial charge is 0.422 e. The molecule has 96 valence electrons. The van der Waals surface area contributed by atoms with Crippen molar-refractivity contribution in [3.05, 3.63) is 53.6 Å². The van der Waals surface area contributed by atoms with Crippen molar-refractivity contribution in [3.8, 4) is 5.69 Å². The highest BCUT2D eigenvalue weighted by Gasteiger charge is 2.40. The van der Waals surface area contributed by atoms with Crippen LogP contribution < -0.4 is 0 Å². The summed E-state index contributed by atoms with van der Waals surface area (Å²) in [5, 5.41) is 0. The van der Waals surface area contributed by atoms with Crippen molar-refractivity contribution in [3.63, 3.8) is 0 Å². The molecule has 1 aromatic carbocycles. The van der Waals surface area contributed by atoms with Gasteiger partial charge in [-0.3, -0.25) is 0 Å². The Labute approximate surface area is 97.3 Å². The molecule has 0 saturated heterocycles. The summed E-state index contributed by atoms with van der Waals surface area (Å²) in [6, 6.07) is 3.20. The van der Waals surface area contributed by atoms with Gasteiger partial charge >= 0.3 is 6.18 Å². The van der Waals surface area contributed by atoms with Crippen LogP contribution in [0.3, 0.4) is 0 Å². The second-order valence-electron chi connectivity index (χ2n) is 3.47. The van der Waals surface area contributed by atoms with Crippen LogP contribution in [0, 0.1) is 17.5 Å². The van der Waals surface area contributed by atoms with Gasteiger partial charge in [-0.25, -0.2) is 13.2 Å². The van der Waals surface area contributed by atoms with E-state index in [0.717, 1.165) is 4.57 Å². The average Bonchev–Trinajstić information content (AvgIpc) is 2.74. The quantitative estimate of drug-likeness (QED) is 0.544. The fourth-order valence-corrected chi connectivity index (χ4v) is 1.52. The Morgan fingerprint density at radius 1 is 0.889 bits per heavy atom. The summed E-state index contributed by atoms with van der Waals surface area (Å²) in [7, 11) is 0. The Kier molecular flexibility index (Phi) is 2.84. The normalized spacial score (nSPS) is 11.9. The van der Waals surface area contributed by atoms with Gasteiger partial charge in [0, 0.05) is 18.5 Å². The van der Waals surface area contributed by atoms with Crippen molar-refractivity contribution in [2.24, 2.45) is 0 Å². The van der Waals surface area contributed by atoms with Crippen molar-refractivity contribution in [2.75, 3.05) is 0 Å². The Balaban J connectivity index is 2.76. The number of alkyl halides is 3. The monoisotopic (exact) mass is 265 g/mol. The molecule has 2 rings (SSSR count). The Morgan fingerprint density at radius 2 is 1.44 bits per heavy atom. The first kappa shape index (κ1) is 12.5. The summed E-state index contributed by atoms with van der Waals surface area (Å²) in [5.74, 6) is -5.85. The smallest absolute Gasteiger partial charge is 0.321 e. The molecule has 0 spiro atoms. The molecule has 2 aromatic rings. The molecule has 0 fully saturated rings. The number of hydrogen-bond acceptors (Lipinski definition) is 0.